The van der Waals surface area contributed by atoms with Crippen molar-refractivity contribution in [1.29, 1.82) is 0 Å². The maximum atomic E-state index is 11.5. The van der Waals surface area contributed by atoms with Crippen LogP contribution >= 0.6 is 23.3 Å². The van der Waals surface area contributed by atoms with Gasteiger partial charge in [-0.3, -0.25) is 4.79 Å². The first-order valence-electron chi connectivity index (χ1n) is 5.34. The smallest absolute Gasteiger partial charge is 0.238 e. The summed E-state index contributed by atoms with van der Waals surface area (Å²) in [5.74, 6) is 0.963. The molecule has 0 saturated carbocycles. The summed E-state index contributed by atoms with van der Waals surface area (Å²) in [7, 11) is 0. The topological polar surface area (TPSA) is 80.9 Å². The number of amides is 1. The lowest BCUT2D eigenvalue weighted by Crippen LogP contribution is -2.57. The molecule has 1 amide bonds. The summed E-state index contributed by atoms with van der Waals surface area (Å²) in [4.78, 5) is 15.7. The monoisotopic (exact) mass is 274 g/mol. The highest BCUT2D eigenvalue weighted by atomic mass is 32.2. The van der Waals surface area contributed by atoms with Crippen LogP contribution < -0.4 is 11.1 Å². The highest BCUT2D eigenvalue weighted by Gasteiger charge is 2.31. The van der Waals surface area contributed by atoms with Gasteiger partial charge in [-0.1, -0.05) is 11.8 Å². The molecule has 0 radical (unpaired) electrons. The van der Waals surface area contributed by atoms with Crippen LogP contribution in [0, 0.1) is 6.92 Å². The Kier molecular flexibility index (Phi) is 4.91. The normalized spacial score (nSPS) is 14.9. The Hall–Kier alpha value is -0.660. The van der Waals surface area contributed by atoms with E-state index in [2.05, 4.69) is 14.7 Å². The summed E-state index contributed by atoms with van der Waals surface area (Å²) in [5, 5.41) is 3.19. The van der Waals surface area contributed by atoms with Crippen LogP contribution in [0.5, 0.6) is 0 Å². The van der Waals surface area contributed by atoms with E-state index >= 15 is 0 Å². The second kappa shape index (κ2) is 5.79. The fourth-order valence-electron chi connectivity index (χ4n) is 1.36. The maximum absolute atomic E-state index is 11.5. The number of aromatic nitrogens is 2. The number of primary amides is 1. The fourth-order valence-corrected chi connectivity index (χ4v) is 3.12. The number of nitrogens with zero attached hydrogens (tertiary/aromatic N) is 2. The van der Waals surface area contributed by atoms with Gasteiger partial charge in [0.05, 0.1) is 0 Å². The van der Waals surface area contributed by atoms with Crippen molar-refractivity contribution in [2.75, 3.05) is 5.75 Å². The molecule has 96 valence electrons. The number of hydrogen-bond donors (Lipinski definition) is 2. The van der Waals surface area contributed by atoms with Gasteiger partial charge in [0.15, 0.2) is 4.34 Å². The second-order valence-corrected chi connectivity index (χ2v) is 6.37. The highest BCUT2D eigenvalue weighted by molar-refractivity contribution is 8.01. The van der Waals surface area contributed by atoms with Gasteiger partial charge >= 0.3 is 0 Å². The van der Waals surface area contributed by atoms with Crippen molar-refractivity contribution in [3.63, 3.8) is 0 Å². The SMILES string of the molecule is Cc1nsc(SCC(C)(NC(C)C)C(N)=O)n1. The third-order valence-corrected chi connectivity index (χ3v) is 4.38. The van der Waals surface area contributed by atoms with Gasteiger partial charge in [0.2, 0.25) is 5.91 Å². The molecule has 1 heterocycles. The number of thioether (sulfide) groups is 1. The average molecular weight is 274 g/mol. The van der Waals surface area contributed by atoms with E-state index in [9.17, 15) is 4.79 Å². The highest BCUT2D eigenvalue weighted by Crippen LogP contribution is 2.24. The van der Waals surface area contributed by atoms with Crippen molar-refractivity contribution in [2.24, 2.45) is 5.73 Å². The van der Waals surface area contributed by atoms with Crippen LogP contribution in [-0.2, 0) is 4.79 Å². The predicted octanol–water partition coefficient (Wildman–Crippen LogP) is 1.18. The van der Waals surface area contributed by atoms with Crippen LogP contribution in [0.3, 0.4) is 0 Å². The Morgan fingerprint density at radius 1 is 1.65 bits per heavy atom. The van der Waals surface area contributed by atoms with E-state index in [1.165, 1.54) is 23.3 Å². The molecule has 1 unspecified atom stereocenters. The molecule has 0 saturated heterocycles. The largest absolute Gasteiger partial charge is 0.368 e. The van der Waals surface area contributed by atoms with Crippen molar-refractivity contribution in [3.05, 3.63) is 5.82 Å². The third-order valence-electron chi connectivity index (χ3n) is 2.14. The molecule has 0 aliphatic heterocycles. The Balaban J connectivity index is 2.64. The Morgan fingerprint density at radius 3 is 2.71 bits per heavy atom. The lowest BCUT2D eigenvalue weighted by atomic mass is 10.0. The van der Waals surface area contributed by atoms with E-state index in [1.54, 1.807) is 0 Å². The fraction of sp³-hybridized carbons (Fsp3) is 0.700. The number of nitrogens with two attached hydrogens (primary N) is 1. The Morgan fingerprint density at radius 2 is 2.29 bits per heavy atom. The van der Waals surface area contributed by atoms with Crippen LogP contribution in [0.4, 0.5) is 0 Å². The minimum absolute atomic E-state index is 0.198. The van der Waals surface area contributed by atoms with E-state index in [-0.39, 0.29) is 11.9 Å². The molecular weight excluding hydrogens is 256 g/mol. The zero-order valence-corrected chi connectivity index (χ0v) is 12.1. The van der Waals surface area contributed by atoms with Crippen LogP contribution in [-0.4, -0.2) is 32.6 Å². The number of rotatable bonds is 6. The summed E-state index contributed by atoms with van der Waals surface area (Å²) in [5.41, 5.74) is 4.72. The van der Waals surface area contributed by atoms with Crippen molar-refractivity contribution in [1.82, 2.24) is 14.7 Å². The molecule has 0 aromatic carbocycles. The molecule has 17 heavy (non-hydrogen) atoms. The number of hydrogen-bond acceptors (Lipinski definition) is 6. The summed E-state index contributed by atoms with van der Waals surface area (Å²) >= 11 is 2.84. The van der Waals surface area contributed by atoms with Crippen molar-refractivity contribution in [3.8, 4) is 0 Å². The van der Waals surface area contributed by atoms with E-state index in [4.69, 9.17) is 5.73 Å². The summed E-state index contributed by atoms with van der Waals surface area (Å²) in [6.07, 6.45) is 0. The lowest BCUT2D eigenvalue weighted by molar-refractivity contribution is -0.123. The third kappa shape index (κ3) is 4.25. The zero-order chi connectivity index (χ0) is 13.1. The molecule has 0 aliphatic carbocycles. The average Bonchev–Trinajstić information content (AvgIpc) is 2.60. The minimum Gasteiger partial charge on any atom is -0.368 e. The molecule has 7 heteroatoms. The number of carbonyl (C=O) groups excluding carboxylic acids is 1. The quantitative estimate of drug-likeness (QED) is 0.761. The molecular formula is C10H18N4OS2. The minimum atomic E-state index is -0.724. The van der Waals surface area contributed by atoms with Crippen LogP contribution in [0.1, 0.15) is 26.6 Å². The standard InChI is InChI=1S/C10H18N4OS2/c1-6(2)13-10(4,8(11)15)5-16-9-12-7(3)14-17-9/h6,13H,5H2,1-4H3,(H2,11,15). The van der Waals surface area contributed by atoms with Gasteiger partial charge in [0.25, 0.3) is 0 Å². The van der Waals surface area contributed by atoms with Crippen molar-refractivity contribution < 1.29 is 4.79 Å². The van der Waals surface area contributed by atoms with Crippen molar-refractivity contribution >= 4 is 29.2 Å². The molecule has 0 fully saturated rings. The van der Waals surface area contributed by atoms with Gasteiger partial charge in [-0.25, -0.2) is 4.98 Å². The van der Waals surface area contributed by atoms with Gasteiger partial charge in [0.1, 0.15) is 11.4 Å². The maximum Gasteiger partial charge on any atom is 0.238 e. The molecule has 0 bridgehead atoms. The molecule has 1 aromatic rings. The van der Waals surface area contributed by atoms with Crippen molar-refractivity contribution in [2.45, 2.75) is 43.6 Å². The van der Waals surface area contributed by atoms with E-state index in [0.29, 0.717) is 5.75 Å². The van der Waals surface area contributed by atoms with Gasteiger partial charge < -0.3 is 11.1 Å². The van der Waals surface area contributed by atoms with Crippen LogP contribution in [0.15, 0.2) is 4.34 Å². The van der Waals surface area contributed by atoms with Gasteiger partial charge in [-0.05, 0) is 39.2 Å². The molecule has 1 rings (SSSR count). The zero-order valence-electron chi connectivity index (χ0n) is 10.5. The van der Waals surface area contributed by atoms with E-state index in [0.717, 1.165) is 10.2 Å². The van der Waals surface area contributed by atoms with Crippen LogP contribution in [0.2, 0.25) is 0 Å². The molecule has 5 nitrogen and oxygen atoms in total. The second-order valence-electron chi connectivity index (χ2n) is 4.39. The van der Waals surface area contributed by atoms with E-state index in [1.807, 2.05) is 27.7 Å². The molecule has 1 aromatic heterocycles. The number of aryl methyl sites for hydroxylation is 1. The summed E-state index contributed by atoms with van der Waals surface area (Å²) < 4.78 is 4.96. The molecule has 0 spiro atoms. The molecule has 3 N–H and O–H groups in total. The number of carbonyl (C=O) groups is 1. The first-order valence-corrected chi connectivity index (χ1v) is 7.10. The summed E-state index contributed by atoms with van der Waals surface area (Å²) in [6, 6.07) is 0.198. The van der Waals surface area contributed by atoms with Gasteiger partial charge in [-0.2, -0.15) is 4.37 Å². The first kappa shape index (κ1) is 14.4. The first-order chi connectivity index (χ1) is 7.83. The van der Waals surface area contributed by atoms with Crippen LogP contribution in [0.25, 0.3) is 0 Å². The number of nitrogens with one attached hydrogen (secondary N) is 1. The Labute approximate surface area is 110 Å². The van der Waals surface area contributed by atoms with Gasteiger partial charge in [-0.15, -0.1) is 0 Å². The molecule has 0 aliphatic rings. The van der Waals surface area contributed by atoms with Gasteiger partial charge in [0, 0.05) is 11.8 Å². The molecule has 1 atom stereocenters. The predicted molar refractivity (Wildman–Crippen MR) is 71.2 cm³/mol. The Bertz CT molecular complexity index is 393. The van der Waals surface area contributed by atoms with E-state index < -0.39 is 5.54 Å². The lowest BCUT2D eigenvalue weighted by Gasteiger charge is -2.29. The summed E-state index contributed by atoms with van der Waals surface area (Å²) in [6.45, 7) is 7.64.